The van der Waals surface area contributed by atoms with Gasteiger partial charge in [-0.2, -0.15) is 5.26 Å². The Balaban J connectivity index is 2.11. The fraction of sp³-hybridized carbons (Fsp3) is 0.143. The normalized spacial score (nSPS) is 11.8. The minimum Gasteiger partial charge on any atom is -0.386 e. The Morgan fingerprint density at radius 3 is 2.57 bits per heavy atom. The molecule has 1 atom stereocenters. The Labute approximate surface area is 124 Å². The number of halogens is 3. The average molecular weight is 310 g/mol. The van der Waals surface area contributed by atoms with Crippen molar-refractivity contribution in [3.05, 3.63) is 58.2 Å². The van der Waals surface area contributed by atoms with Gasteiger partial charge in [0, 0.05) is 6.54 Å². The highest BCUT2D eigenvalue weighted by molar-refractivity contribution is 6.31. The zero-order chi connectivity index (χ0) is 15.4. The van der Waals surface area contributed by atoms with Crippen LogP contribution in [-0.2, 0) is 0 Å². The van der Waals surface area contributed by atoms with Crippen molar-refractivity contribution in [3.63, 3.8) is 0 Å². The minimum absolute atomic E-state index is 0.0215. The zero-order valence-corrected chi connectivity index (χ0v) is 11.4. The number of rotatable bonds is 4. The second-order valence-electron chi connectivity index (χ2n) is 4.17. The lowest BCUT2D eigenvalue weighted by Gasteiger charge is -2.14. The molecular weight excluding hydrogens is 300 g/mol. The Kier molecular flexibility index (Phi) is 4.68. The maximum atomic E-state index is 13.5. The number of pyridine rings is 1. The van der Waals surface area contributed by atoms with E-state index >= 15 is 0 Å². The number of anilines is 1. The Morgan fingerprint density at radius 1 is 1.29 bits per heavy atom. The molecule has 2 rings (SSSR count). The molecule has 1 heterocycles. The molecular formula is C14H10ClF2N3O. The van der Waals surface area contributed by atoms with Crippen LogP contribution < -0.4 is 5.32 Å². The smallest absolute Gasteiger partial charge is 0.161 e. The van der Waals surface area contributed by atoms with Gasteiger partial charge >= 0.3 is 0 Å². The molecule has 2 aromatic rings. The number of benzene rings is 1. The van der Waals surface area contributed by atoms with Crippen LogP contribution in [0, 0.1) is 23.0 Å². The van der Waals surface area contributed by atoms with Crippen molar-refractivity contribution in [1.82, 2.24) is 4.98 Å². The van der Waals surface area contributed by atoms with Crippen LogP contribution in [0.15, 0.2) is 30.3 Å². The van der Waals surface area contributed by atoms with Gasteiger partial charge in [0.15, 0.2) is 5.69 Å². The number of aliphatic hydroxyl groups excluding tert-OH is 1. The number of aromatic nitrogens is 1. The third-order valence-corrected chi connectivity index (χ3v) is 3.07. The van der Waals surface area contributed by atoms with Gasteiger partial charge in [-0.25, -0.2) is 13.8 Å². The molecule has 0 aliphatic carbocycles. The van der Waals surface area contributed by atoms with Gasteiger partial charge in [-0.15, -0.1) is 0 Å². The van der Waals surface area contributed by atoms with Gasteiger partial charge in [0.2, 0.25) is 0 Å². The van der Waals surface area contributed by atoms with E-state index in [2.05, 4.69) is 10.3 Å². The summed E-state index contributed by atoms with van der Waals surface area (Å²) in [6.45, 7) is -0.169. The molecule has 2 N–H and O–H groups in total. The summed E-state index contributed by atoms with van der Waals surface area (Å²) in [5.41, 5.74) is -0.396. The van der Waals surface area contributed by atoms with Crippen LogP contribution in [0.3, 0.4) is 0 Å². The van der Waals surface area contributed by atoms with E-state index in [0.717, 1.165) is 12.1 Å². The molecule has 0 amide bonds. The van der Waals surface area contributed by atoms with E-state index in [0.29, 0.717) is 0 Å². The van der Waals surface area contributed by atoms with Crippen LogP contribution in [0.2, 0.25) is 5.02 Å². The molecule has 0 saturated carbocycles. The van der Waals surface area contributed by atoms with Crippen molar-refractivity contribution >= 4 is 17.4 Å². The van der Waals surface area contributed by atoms with Gasteiger partial charge in [-0.1, -0.05) is 17.7 Å². The summed E-state index contributed by atoms with van der Waals surface area (Å²) in [4.78, 5) is 3.90. The molecule has 0 aliphatic heterocycles. The van der Waals surface area contributed by atoms with E-state index in [1.807, 2.05) is 6.07 Å². The monoisotopic (exact) mass is 309 g/mol. The summed E-state index contributed by atoms with van der Waals surface area (Å²) in [5, 5.41) is 21.6. The van der Waals surface area contributed by atoms with E-state index in [-0.39, 0.29) is 23.1 Å². The molecule has 1 aromatic heterocycles. The van der Waals surface area contributed by atoms with Crippen LogP contribution in [-0.4, -0.2) is 16.6 Å². The second kappa shape index (κ2) is 6.48. The van der Waals surface area contributed by atoms with Crippen molar-refractivity contribution < 1.29 is 13.9 Å². The fourth-order valence-corrected chi connectivity index (χ4v) is 1.90. The van der Waals surface area contributed by atoms with Gasteiger partial charge in [0.05, 0.1) is 10.6 Å². The van der Waals surface area contributed by atoms with Crippen molar-refractivity contribution in [2.24, 2.45) is 0 Å². The molecule has 21 heavy (non-hydrogen) atoms. The number of hydrogen-bond donors (Lipinski definition) is 2. The van der Waals surface area contributed by atoms with Gasteiger partial charge in [0.25, 0.3) is 0 Å². The Hall–Kier alpha value is -2.23. The van der Waals surface area contributed by atoms with Gasteiger partial charge < -0.3 is 10.4 Å². The largest absolute Gasteiger partial charge is 0.386 e. The van der Waals surface area contributed by atoms with E-state index in [1.165, 1.54) is 18.2 Å². The maximum Gasteiger partial charge on any atom is 0.161 e. The van der Waals surface area contributed by atoms with Gasteiger partial charge in [0.1, 0.15) is 29.6 Å². The summed E-state index contributed by atoms with van der Waals surface area (Å²) in [6, 6.07) is 8.11. The van der Waals surface area contributed by atoms with Crippen molar-refractivity contribution in [1.29, 1.82) is 5.26 Å². The minimum atomic E-state index is -1.39. The van der Waals surface area contributed by atoms with E-state index in [4.69, 9.17) is 16.9 Å². The first-order chi connectivity index (χ1) is 10.0. The summed E-state index contributed by atoms with van der Waals surface area (Å²) in [5.74, 6) is -1.39. The lowest BCUT2D eigenvalue weighted by atomic mass is 10.1. The van der Waals surface area contributed by atoms with E-state index < -0.39 is 23.3 Å². The third-order valence-electron chi connectivity index (χ3n) is 2.76. The highest BCUT2D eigenvalue weighted by atomic mass is 35.5. The first-order valence-corrected chi connectivity index (χ1v) is 6.33. The molecule has 0 saturated heterocycles. The zero-order valence-electron chi connectivity index (χ0n) is 10.6. The molecule has 4 nitrogen and oxygen atoms in total. The molecule has 0 radical (unpaired) electrons. The summed E-state index contributed by atoms with van der Waals surface area (Å²) in [6.07, 6.45) is -1.39. The fourth-order valence-electron chi connectivity index (χ4n) is 1.75. The summed E-state index contributed by atoms with van der Waals surface area (Å²) < 4.78 is 27.0. The van der Waals surface area contributed by atoms with Crippen molar-refractivity contribution in [3.8, 4) is 6.07 Å². The quantitative estimate of drug-likeness (QED) is 0.911. The molecule has 1 unspecified atom stereocenters. The van der Waals surface area contributed by atoms with Gasteiger partial charge in [-0.05, 0) is 24.3 Å². The second-order valence-corrected chi connectivity index (χ2v) is 4.58. The highest BCUT2D eigenvalue weighted by Crippen LogP contribution is 2.21. The summed E-state index contributed by atoms with van der Waals surface area (Å²) in [7, 11) is 0. The molecule has 0 bridgehead atoms. The third kappa shape index (κ3) is 3.45. The van der Waals surface area contributed by atoms with Crippen LogP contribution in [0.1, 0.15) is 17.4 Å². The predicted octanol–water partition coefficient (Wildman–Crippen LogP) is 3.03. The Morgan fingerprint density at radius 2 is 1.95 bits per heavy atom. The highest BCUT2D eigenvalue weighted by Gasteiger charge is 2.17. The van der Waals surface area contributed by atoms with Crippen molar-refractivity contribution in [2.45, 2.75) is 6.10 Å². The lowest BCUT2D eigenvalue weighted by molar-refractivity contribution is 0.181. The standard InChI is InChI=1S/C14H10ClF2N3O/c15-8-4-5-13(20-11(8)6-18)19-7-12(21)14-9(16)2-1-3-10(14)17/h1-5,12,21H,7H2,(H,19,20). The van der Waals surface area contributed by atoms with E-state index in [9.17, 15) is 13.9 Å². The van der Waals surface area contributed by atoms with Crippen LogP contribution in [0.25, 0.3) is 0 Å². The van der Waals surface area contributed by atoms with Gasteiger partial charge in [-0.3, -0.25) is 0 Å². The molecule has 0 spiro atoms. The number of aliphatic hydroxyl groups is 1. The van der Waals surface area contributed by atoms with Crippen LogP contribution >= 0.6 is 11.6 Å². The maximum absolute atomic E-state index is 13.5. The number of hydrogen-bond acceptors (Lipinski definition) is 4. The molecule has 7 heteroatoms. The Bertz CT molecular complexity index is 683. The lowest BCUT2D eigenvalue weighted by Crippen LogP contribution is -2.15. The first kappa shape index (κ1) is 15.2. The number of nitrogens with zero attached hydrogens (tertiary/aromatic N) is 2. The molecule has 0 aliphatic rings. The first-order valence-electron chi connectivity index (χ1n) is 5.95. The summed E-state index contributed by atoms with van der Waals surface area (Å²) >= 11 is 5.74. The number of nitriles is 1. The SMILES string of the molecule is N#Cc1nc(NCC(O)c2c(F)cccc2F)ccc1Cl. The van der Waals surface area contributed by atoms with E-state index in [1.54, 1.807) is 0 Å². The molecule has 108 valence electrons. The predicted molar refractivity (Wildman–Crippen MR) is 73.8 cm³/mol. The molecule has 1 aromatic carbocycles. The van der Waals surface area contributed by atoms with Crippen molar-refractivity contribution in [2.75, 3.05) is 11.9 Å². The number of nitrogens with one attached hydrogen (secondary N) is 1. The average Bonchev–Trinajstić information content (AvgIpc) is 2.46. The van der Waals surface area contributed by atoms with Crippen LogP contribution in [0.5, 0.6) is 0 Å². The molecule has 0 fully saturated rings. The topological polar surface area (TPSA) is 68.9 Å². The van der Waals surface area contributed by atoms with Crippen LogP contribution in [0.4, 0.5) is 14.6 Å².